The Morgan fingerprint density at radius 3 is 1.69 bits per heavy atom. The van der Waals surface area contributed by atoms with Crippen LogP contribution in [0.1, 0.15) is 41.0 Å². The molecule has 0 amide bonds. The van der Waals surface area contributed by atoms with E-state index in [0.29, 0.717) is 5.92 Å². The highest BCUT2D eigenvalue weighted by molar-refractivity contribution is 14.1. The Balaban J connectivity index is 2.44. The predicted octanol–water partition coefficient (Wildman–Crippen LogP) is 5.66. The van der Waals surface area contributed by atoms with Crippen molar-refractivity contribution in [3.8, 4) is 0 Å². The van der Waals surface area contributed by atoms with Gasteiger partial charge in [-0.15, -0.1) is 0 Å². The highest BCUT2D eigenvalue weighted by Gasteiger charge is 2.50. The summed E-state index contributed by atoms with van der Waals surface area (Å²) < 4.78 is 8.22. The fourth-order valence-electron chi connectivity index (χ4n) is 3.85. The summed E-state index contributed by atoms with van der Waals surface area (Å²) >= 11 is 2.49. The summed E-state index contributed by atoms with van der Waals surface area (Å²) in [5, 5.41) is 2.80. The van der Waals surface area contributed by atoms with Gasteiger partial charge in [-0.05, 0) is 33.7 Å². The van der Waals surface area contributed by atoms with E-state index in [1.807, 2.05) is 0 Å². The third-order valence-corrected chi connectivity index (χ3v) is 11.6. The molecule has 1 nitrogen and oxygen atoms in total. The molecule has 0 aromatic heterocycles. The number of hydrogen-bond acceptors (Lipinski definition) is 1. The molecule has 0 unspecified atom stereocenters. The molecule has 0 N–H and O–H groups in total. The molecule has 2 rings (SSSR count). The predicted molar refractivity (Wildman–Crippen MR) is 125 cm³/mol. The highest BCUT2D eigenvalue weighted by atomic mass is 127. The molecule has 0 aliphatic rings. The lowest BCUT2D eigenvalue weighted by molar-refractivity contribution is 0.227. The quantitative estimate of drug-likeness (QED) is 0.269. The first kappa shape index (κ1) is 21.6. The lowest BCUT2D eigenvalue weighted by Crippen LogP contribution is -2.66. The fraction of sp³-hybridized carbons (Fsp3) is 0.478. The van der Waals surface area contributed by atoms with Gasteiger partial charge in [-0.3, -0.25) is 0 Å². The number of alkyl halides is 1. The van der Waals surface area contributed by atoms with Crippen molar-refractivity contribution in [2.24, 2.45) is 11.8 Å². The van der Waals surface area contributed by atoms with Crippen LogP contribution in [0.5, 0.6) is 0 Å². The van der Waals surface area contributed by atoms with Gasteiger partial charge in [0.15, 0.2) is 0 Å². The molecule has 0 aliphatic carbocycles. The Hall–Kier alpha value is -0.653. The van der Waals surface area contributed by atoms with E-state index in [4.69, 9.17) is 4.43 Å². The Morgan fingerprint density at radius 2 is 1.31 bits per heavy atom. The van der Waals surface area contributed by atoms with Crippen molar-refractivity contribution >= 4 is 41.3 Å². The molecule has 3 heteroatoms. The van der Waals surface area contributed by atoms with Crippen LogP contribution in [0.15, 0.2) is 60.7 Å². The van der Waals surface area contributed by atoms with Crippen LogP contribution in [0.3, 0.4) is 0 Å². The van der Waals surface area contributed by atoms with E-state index in [1.165, 1.54) is 21.2 Å². The molecule has 2 aromatic rings. The minimum absolute atomic E-state index is 0.0598. The fourth-order valence-corrected chi connectivity index (χ4v) is 8.90. The molecule has 26 heavy (non-hydrogen) atoms. The van der Waals surface area contributed by atoms with Crippen molar-refractivity contribution in [3.63, 3.8) is 0 Å². The lowest BCUT2D eigenvalue weighted by Gasteiger charge is -2.43. The third-order valence-electron chi connectivity index (χ3n) is 5.07. The Morgan fingerprint density at radius 1 is 0.846 bits per heavy atom. The van der Waals surface area contributed by atoms with E-state index in [2.05, 4.69) is 118 Å². The van der Waals surface area contributed by atoms with E-state index in [0.717, 1.165) is 12.5 Å². The van der Waals surface area contributed by atoms with Crippen molar-refractivity contribution in [3.05, 3.63) is 60.7 Å². The van der Waals surface area contributed by atoms with Gasteiger partial charge >= 0.3 is 0 Å². The van der Waals surface area contributed by atoms with Crippen LogP contribution in [0.25, 0.3) is 0 Å². The highest BCUT2D eigenvalue weighted by Crippen LogP contribution is 2.37. The standard InChI is InChI=1S/C23H33IOSi/c1-19(17-24)16-20(2)18-25-26(23(3,4)5,21-12-8-6-9-13-21)22-14-10-7-11-15-22/h6-15,19-20H,16-18H2,1-5H3/t19-,20+/m1/s1. The van der Waals surface area contributed by atoms with Crippen LogP contribution >= 0.6 is 22.6 Å². The van der Waals surface area contributed by atoms with Gasteiger partial charge in [0.2, 0.25) is 0 Å². The maximum Gasteiger partial charge on any atom is 0.261 e. The van der Waals surface area contributed by atoms with Crippen LogP contribution in [0.4, 0.5) is 0 Å². The molecular weight excluding hydrogens is 447 g/mol. The second kappa shape index (κ2) is 9.51. The summed E-state index contributed by atoms with van der Waals surface area (Å²) in [6, 6.07) is 21.9. The molecule has 0 spiro atoms. The van der Waals surface area contributed by atoms with Gasteiger partial charge in [-0.1, -0.05) is 118 Å². The molecule has 0 fully saturated rings. The first-order valence-corrected chi connectivity index (χ1v) is 13.1. The van der Waals surface area contributed by atoms with E-state index >= 15 is 0 Å². The van der Waals surface area contributed by atoms with Gasteiger partial charge in [0.1, 0.15) is 0 Å². The largest absolute Gasteiger partial charge is 0.407 e. The number of rotatable bonds is 8. The molecule has 2 atom stereocenters. The van der Waals surface area contributed by atoms with E-state index in [9.17, 15) is 0 Å². The lowest BCUT2D eigenvalue weighted by atomic mass is 10.0. The van der Waals surface area contributed by atoms with Crippen molar-refractivity contribution < 1.29 is 4.43 Å². The molecule has 0 saturated carbocycles. The summed E-state index contributed by atoms with van der Waals surface area (Å²) in [6.45, 7) is 12.5. The number of benzene rings is 2. The minimum Gasteiger partial charge on any atom is -0.407 e. The second-order valence-electron chi connectivity index (χ2n) is 8.57. The number of hydrogen-bond donors (Lipinski definition) is 0. The van der Waals surface area contributed by atoms with E-state index in [-0.39, 0.29) is 5.04 Å². The van der Waals surface area contributed by atoms with Gasteiger partial charge < -0.3 is 4.43 Å². The first-order chi connectivity index (χ1) is 12.3. The molecule has 142 valence electrons. The van der Waals surface area contributed by atoms with E-state index < -0.39 is 8.32 Å². The van der Waals surface area contributed by atoms with Crippen molar-refractivity contribution in [1.29, 1.82) is 0 Å². The van der Waals surface area contributed by atoms with Crippen LogP contribution in [-0.2, 0) is 4.43 Å². The molecule has 0 bridgehead atoms. The minimum atomic E-state index is -2.38. The molecular formula is C23H33IOSi. The smallest absolute Gasteiger partial charge is 0.261 e. The zero-order valence-electron chi connectivity index (χ0n) is 16.8. The van der Waals surface area contributed by atoms with Gasteiger partial charge in [0.05, 0.1) is 0 Å². The monoisotopic (exact) mass is 480 g/mol. The summed E-state index contributed by atoms with van der Waals surface area (Å²) in [7, 11) is -2.38. The van der Waals surface area contributed by atoms with Crippen LogP contribution in [-0.4, -0.2) is 19.4 Å². The van der Waals surface area contributed by atoms with Gasteiger partial charge in [-0.2, -0.15) is 0 Å². The van der Waals surface area contributed by atoms with Crippen LogP contribution < -0.4 is 10.4 Å². The maximum atomic E-state index is 7.01. The SMILES string of the molecule is C[C@H](CO[Si](c1ccccc1)(c1ccccc1)C(C)(C)C)C[C@@H](C)CI. The Labute approximate surface area is 174 Å². The van der Waals surface area contributed by atoms with Crippen LogP contribution in [0.2, 0.25) is 5.04 Å². The third kappa shape index (κ3) is 4.99. The van der Waals surface area contributed by atoms with Crippen molar-refractivity contribution in [2.45, 2.75) is 46.1 Å². The molecule has 0 saturated heterocycles. The molecule has 0 radical (unpaired) electrons. The topological polar surface area (TPSA) is 9.23 Å². The zero-order valence-corrected chi connectivity index (χ0v) is 20.0. The molecule has 0 aliphatic heterocycles. The summed E-state index contributed by atoms with van der Waals surface area (Å²) in [6.07, 6.45) is 1.22. The summed E-state index contributed by atoms with van der Waals surface area (Å²) in [5.41, 5.74) is 0. The maximum absolute atomic E-state index is 7.01. The van der Waals surface area contributed by atoms with Crippen LogP contribution in [0, 0.1) is 11.8 Å². The average molecular weight is 481 g/mol. The second-order valence-corrected chi connectivity index (χ2v) is 13.8. The zero-order chi connectivity index (χ0) is 19.2. The van der Waals surface area contributed by atoms with Gasteiger partial charge in [0, 0.05) is 11.0 Å². The molecule has 0 heterocycles. The van der Waals surface area contributed by atoms with E-state index in [1.54, 1.807) is 0 Å². The van der Waals surface area contributed by atoms with Crippen molar-refractivity contribution in [1.82, 2.24) is 0 Å². The first-order valence-electron chi connectivity index (χ1n) is 9.62. The molecule has 2 aromatic carbocycles. The Kier molecular flexibility index (Phi) is 7.92. The van der Waals surface area contributed by atoms with Gasteiger partial charge in [-0.25, -0.2) is 0 Å². The van der Waals surface area contributed by atoms with Gasteiger partial charge in [0.25, 0.3) is 8.32 Å². The number of halogens is 1. The average Bonchev–Trinajstić information content (AvgIpc) is 2.62. The normalized spacial score (nSPS) is 14.8. The summed E-state index contributed by atoms with van der Waals surface area (Å²) in [5.74, 6) is 1.31. The van der Waals surface area contributed by atoms with Crippen molar-refractivity contribution in [2.75, 3.05) is 11.0 Å². The summed E-state index contributed by atoms with van der Waals surface area (Å²) in [4.78, 5) is 0. The Bertz CT molecular complexity index is 611.